The maximum Gasteiger partial charge on any atom is 0.335 e. The van der Waals surface area contributed by atoms with Gasteiger partial charge in [-0.25, -0.2) is 4.79 Å². The Kier molecular flexibility index (Phi) is 2.09. The first-order chi connectivity index (χ1) is 5.41. The van der Waals surface area contributed by atoms with Gasteiger partial charge < -0.3 is 5.11 Å². The molecule has 0 saturated carbocycles. The summed E-state index contributed by atoms with van der Waals surface area (Å²) in [4.78, 5) is 10.6. The molecule has 0 unspecified atom stereocenters. The Bertz CT molecular complexity index is 264. The molecule has 0 aromatic heterocycles. The highest BCUT2D eigenvalue weighted by Gasteiger charge is 2.21. The van der Waals surface area contributed by atoms with E-state index < -0.39 is 5.97 Å². The molecule has 0 aliphatic heterocycles. The van der Waals surface area contributed by atoms with Gasteiger partial charge in [-0.1, -0.05) is 32.4 Å². The first kappa shape index (κ1) is 9.04. The SMILES string of the molecule is CC(C)(C)C1=CC(C(=O)O)=CC1. The van der Waals surface area contributed by atoms with Crippen LogP contribution in [0.3, 0.4) is 0 Å². The second-order valence-electron chi connectivity index (χ2n) is 4.09. The van der Waals surface area contributed by atoms with Crippen molar-refractivity contribution in [3.8, 4) is 0 Å². The number of hydrogen-bond acceptors (Lipinski definition) is 1. The standard InChI is InChI=1S/C10H14O2/c1-10(2,3)8-5-4-7(6-8)9(11)12/h4,6H,5H2,1-3H3,(H,11,12). The van der Waals surface area contributed by atoms with Gasteiger partial charge in [0, 0.05) is 0 Å². The number of hydrogen-bond donors (Lipinski definition) is 1. The Morgan fingerprint density at radius 1 is 1.50 bits per heavy atom. The number of carbonyl (C=O) groups is 1. The highest BCUT2D eigenvalue weighted by molar-refractivity contribution is 5.91. The summed E-state index contributed by atoms with van der Waals surface area (Å²) in [7, 11) is 0. The van der Waals surface area contributed by atoms with E-state index in [1.165, 1.54) is 5.57 Å². The first-order valence-electron chi connectivity index (χ1n) is 4.06. The van der Waals surface area contributed by atoms with Crippen LogP contribution in [-0.4, -0.2) is 11.1 Å². The van der Waals surface area contributed by atoms with Crippen LogP contribution in [0.25, 0.3) is 0 Å². The highest BCUT2D eigenvalue weighted by Crippen LogP contribution is 2.33. The summed E-state index contributed by atoms with van der Waals surface area (Å²) >= 11 is 0. The number of aliphatic carboxylic acids is 1. The molecule has 0 atom stereocenters. The van der Waals surface area contributed by atoms with Crippen LogP contribution in [0, 0.1) is 5.41 Å². The lowest BCUT2D eigenvalue weighted by Gasteiger charge is -2.19. The Morgan fingerprint density at radius 3 is 2.33 bits per heavy atom. The molecule has 1 aliphatic carbocycles. The molecule has 1 rings (SSSR count). The largest absolute Gasteiger partial charge is 0.478 e. The minimum absolute atomic E-state index is 0.0910. The van der Waals surface area contributed by atoms with Gasteiger partial charge in [0.25, 0.3) is 0 Å². The summed E-state index contributed by atoms with van der Waals surface area (Å²) in [6, 6.07) is 0. The molecule has 0 aromatic carbocycles. The van der Waals surface area contributed by atoms with Crippen LogP contribution in [0.1, 0.15) is 27.2 Å². The quantitative estimate of drug-likeness (QED) is 0.649. The van der Waals surface area contributed by atoms with E-state index in [-0.39, 0.29) is 5.41 Å². The molecule has 0 heterocycles. The van der Waals surface area contributed by atoms with E-state index in [1.54, 1.807) is 12.2 Å². The van der Waals surface area contributed by atoms with Crippen molar-refractivity contribution >= 4 is 5.97 Å². The van der Waals surface area contributed by atoms with Gasteiger partial charge in [0.05, 0.1) is 5.57 Å². The van der Waals surface area contributed by atoms with E-state index in [0.29, 0.717) is 5.57 Å². The van der Waals surface area contributed by atoms with Crippen molar-refractivity contribution in [1.82, 2.24) is 0 Å². The van der Waals surface area contributed by atoms with Crippen molar-refractivity contribution in [3.05, 3.63) is 23.3 Å². The third-order valence-electron chi connectivity index (χ3n) is 2.08. The summed E-state index contributed by atoms with van der Waals surface area (Å²) in [6.07, 6.45) is 4.33. The molecule has 0 saturated heterocycles. The van der Waals surface area contributed by atoms with Crippen LogP contribution < -0.4 is 0 Å². The molecule has 1 aliphatic rings. The number of allylic oxidation sites excluding steroid dienone is 2. The zero-order valence-electron chi connectivity index (χ0n) is 7.72. The van der Waals surface area contributed by atoms with Gasteiger partial charge in [0.1, 0.15) is 0 Å². The molecule has 0 bridgehead atoms. The van der Waals surface area contributed by atoms with Crippen molar-refractivity contribution in [2.24, 2.45) is 5.41 Å². The topological polar surface area (TPSA) is 37.3 Å². The zero-order valence-corrected chi connectivity index (χ0v) is 7.72. The van der Waals surface area contributed by atoms with Crippen molar-refractivity contribution in [1.29, 1.82) is 0 Å². The fourth-order valence-corrected chi connectivity index (χ4v) is 1.20. The molecule has 2 heteroatoms. The lowest BCUT2D eigenvalue weighted by atomic mass is 9.86. The minimum Gasteiger partial charge on any atom is -0.478 e. The van der Waals surface area contributed by atoms with E-state index in [4.69, 9.17) is 5.11 Å². The van der Waals surface area contributed by atoms with Gasteiger partial charge in [0.2, 0.25) is 0 Å². The first-order valence-corrected chi connectivity index (χ1v) is 4.06. The Labute approximate surface area is 72.6 Å². The highest BCUT2D eigenvalue weighted by atomic mass is 16.4. The average Bonchev–Trinajstić information content (AvgIpc) is 2.30. The van der Waals surface area contributed by atoms with Crippen LogP contribution in [0.5, 0.6) is 0 Å². The molecule has 0 aromatic rings. The van der Waals surface area contributed by atoms with Crippen LogP contribution in [0.15, 0.2) is 23.3 Å². The van der Waals surface area contributed by atoms with Crippen LogP contribution in [0.2, 0.25) is 0 Å². The molecule has 1 N–H and O–H groups in total. The molecule has 0 radical (unpaired) electrons. The maximum absolute atomic E-state index is 10.6. The number of rotatable bonds is 1. The molecule has 0 spiro atoms. The van der Waals surface area contributed by atoms with E-state index >= 15 is 0 Å². The Balaban J connectivity index is 2.81. The lowest BCUT2D eigenvalue weighted by molar-refractivity contribution is -0.132. The normalized spacial score (nSPS) is 17.2. The van der Waals surface area contributed by atoms with Crippen LogP contribution in [-0.2, 0) is 4.79 Å². The summed E-state index contributed by atoms with van der Waals surface area (Å²) in [5.74, 6) is -0.825. The fraction of sp³-hybridized carbons (Fsp3) is 0.500. The fourth-order valence-electron chi connectivity index (χ4n) is 1.20. The lowest BCUT2D eigenvalue weighted by Crippen LogP contribution is -2.07. The van der Waals surface area contributed by atoms with E-state index in [2.05, 4.69) is 20.8 Å². The number of carboxylic acid groups (broad SMARTS) is 1. The molecule has 0 amide bonds. The Morgan fingerprint density at radius 2 is 2.08 bits per heavy atom. The van der Waals surface area contributed by atoms with Crippen molar-refractivity contribution in [3.63, 3.8) is 0 Å². The summed E-state index contributed by atoms with van der Waals surface area (Å²) in [5.41, 5.74) is 1.72. The summed E-state index contributed by atoms with van der Waals surface area (Å²) in [5, 5.41) is 8.68. The molecule has 12 heavy (non-hydrogen) atoms. The molecular weight excluding hydrogens is 152 g/mol. The Hall–Kier alpha value is -1.05. The van der Waals surface area contributed by atoms with Crippen LogP contribution >= 0.6 is 0 Å². The summed E-state index contributed by atoms with van der Waals surface area (Å²) < 4.78 is 0. The van der Waals surface area contributed by atoms with E-state index in [9.17, 15) is 4.79 Å². The van der Waals surface area contributed by atoms with Gasteiger partial charge in [-0.2, -0.15) is 0 Å². The van der Waals surface area contributed by atoms with Gasteiger partial charge in [-0.05, 0) is 17.9 Å². The van der Waals surface area contributed by atoms with Crippen molar-refractivity contribution < 1.29 is 9.90 Å². The second-order valence-corrected chi connectivity index (χ2v) is 4.09. The van der Waals surface area contributed by atoms with E-state index in [0.717, 1.165) is 6.42 Å². The van der Waals surface area contributed by atoms with Crippen LogP contribution in [0.4, 0.5) is 0 Å². The predicted octanol–water partition coefficient (Wildman–Crippen LogP) is 2.37. The number of carboxylic acids is 1. The minimum atomic E-state index is -0.825. The predicted molar refractivity (Wildman–Crippen MR) is 47.9 cm³/mol. The van der Waals surface area contributed by atoms with Gasteiger partial charge in [0.15, 0.2) is 0 Å². The van der Waals surface area contributed by atoms with Crippen molar-refractivity contribution in [2.45, 2.75) is 27.2 Å². The van der Waals surface area contributed by atoms with E-state index in [1.807, 2.05) is 0 Å². The summed E-state index contributed by atoms with van der Waals surface area (Å²) in [6.45, 7) is 6.28. The third-order valence-corrected chi connectivity index (χ3v) is 2.08. The van der Waals surface area contributed by atoms with Gasteiger partial charge in [-0.3, -0.25) is 0 Å². The van der Waals surface area contributed by atoms with Gasteiger partial charge >= 0.3 is 5.97 Å². The smallest absolute Gasteiger partial charge is 0.335 e. The monoisotopic (exact) mass is 166 g/mol. The molecule has 66 valence electrons. The second kappa shape index (κ2) is 2.77. The maximum atomic E-state index is 10.6. The zero-order chi connectivity index (χ0) is 9.35. The van der Waals surface area contributed by atoms with Gasteiger partial charge in [-0.15, -0.1) is 0 Å². The third kappa shape index (κ3) is 1.76. The molecule has 0 fully saturated rings. The van der Waals surface area contributed by atoms with Crippen molar-refractivity contribution in [2.75, 3.05) is 0 Å². The average molecular weight is 166 g/mol. The molecule has 2 nitrogen and oxygen atoms in total. The molecular formula is C10H14O2.